The van der Waals surface area contributed by atoms with Crippen LogP contribution >= 0.6 is 35.6 Å². The Morgan fingerprint density at radius 2 is 2.24 bits per heavy atom. The summed E-state index contributed by atoms with van der Waals surface area (Å²) in [6, 6.07) is 5.28. The number of halogens is 3. The van der Waals surface area contributed by atoms with Gasteiger partial charge in [-0.1, -0.05) is 23.2 Å². The van der Waals surface area contributed by atoms with E-state index < -0.39 is 0 Å². The van der Waals surface area contributed by atoms with Crippen molar-refractivity contribution in [3.05, 3.63) is 28.2 Å². The average Bonchev–Trinajstić information content (AvgIpc) is 2.41. The molecule has 1 aromatic carbocycles. The van der Waals surface area contributed by atoms with E-state index in [0.29, 0.717) is 28.8 Å². The van der Waals surface area contributed by atoms with Crippen LogP contribution in [0, 0.1) is 0 Å². The summed E-state index contributed by atoms with van der Waals surface area (Å²) in [4.78, 5) is 14.0. The number of benzene rings is 1. The van der Waals surface area contributed by atoms with Crippen molar-refractivity contribution in [3.63, 3.8) is 0 Å². The SMILES string of the molecule is C[C@H]1CNCCN1C(=O)CCOc1ccc(Cl)cc1Cl.Cl. The molecule has 1 amide bonds. The molecule has 0 unspecified atom stereocenters. The topological polar surface area (TPSA) is 41.6 Å². The highest BCUT2D eigenvalue weighted by atomic mass is 35.5. The van der Waals surface area contributed by atoms with E-state index in [0.717, 1.165) is 19.6 Å². The Kier molecular flexibility index (Phi) is 7.60. The molecule has 0 aliphatic carbocycles. The third-order valence-corrected chi connectivity index (χ3v) is 3.82. The lowest BCUT2D eigenvalue weighted by Gasteiger charge is -2.34. The second kappa shape index (κ2) is 8.69. The van der Waals surface area contributed by atoms with Crippen LogP contribution in [0.2, 0.25) is 10.0 Å². The third kappa shape index (κ3) is 5.22. The summed E-state index contributed by atoms with van der Waals surface area (Å²) in [6.07, 6.45) is 0.350. The Morgan fingerprint density at radius 3 is 2.90 bits per heavy atom. The largest absolute Gasteiger partial charge is 0.491 e. The molecular formula is C14H19Cl3N2O2. The molecule has 21 heavy (non-hydrogen) atoms. The van der Waals surface area contributed by atoms with Gasteiger partial charge in [-0.25, -0.2) is 0 Å². The summed E-state index contributed by atoms with van der Waals surface area (Å²) < 4.78 is 5.53. The van der Waals surface area contributed by atoms with Gasteiger partial charge in [0, 0.05) is 30.7 Å². The van der Waals surface area contributed by atoms with E-state index in [-0.39, 0.29) is 24.4 Å². The number of ether oxygens (including phenoxy) is 1. The Balaban J connectivity index is 0.00000220. The van der Waals surface area contributed by atoms with Crippen LogP contribution < -0.4 is 10.1 Å². The second-order valence-corrected chi connectivity index (χ2v) is 5.66. The standard InChI is InChI=1S/C14H18Cl2N2O2.ClH/c1-10-9-17-5-6-18(10)14(19)4-7-20-13-3-2-11(15)8-12(13)16;/h2-3,8,10,17H,4-7,9H2,1H3;1H/t10-;/m0./s1. The van der Waals surface area contributed by atoms with Gasteiger partial charge in [-0.3, -0.25) is 4.79 Å². The number of hydrogen-bond acceptors (Lipinski definition) is 3. The number of nitrogens with one attached hydrogen (secondary N) is 1. The molecule has 4 nitrogen and oxygen atoms in total. The highest BCUT2D eigenvalue weighted by Gasteiger charge is 2.22. The molecule has 1 N–H and O–H groups in total. The van der Waals surface area contributed by atoms with Crippen LogP contribution in [-0.2, 0) is 4.79 Å². The maximum atomic E-state index is 12.1. The van der Waals surface area contributed by atoms with Crippen LogP contribution in [-0.4, -0.2) is 43.1 Å². The molecule has 0 radical (unpaired) electrons. The number of hydrogen-bond donors (Lipinski definition) is 1. The molecule has 1 heterocycles. The van der Waals surface area contributed by atoms with E-state index in [1.807, 2.05) is 11.8 Å². The molecular weight excluding hydrogens is 335 g/mol. The quantitative estimate of drug-likeness (QED) is 0.905. The molecule has 1 fully saturated rings. The summed E-state index contributed by atoms with van der Waals surface area (Å²) in [6.45, 7) is 4.80. The molecule has 118 valence electrons. The fraction of sp³-hybridized carbons (Fsp3) is 0.500. The van der Waals surface area contributed by atoms with Crippen LogP contribution in [0.4, 0.5) is 0 Å². The average molecular weight is 354 g/mol. The maximum Gasteiger partial charge on any atom is 0.226 e. The van der Waals surface area contributed by atoms with Crippen LogP contribution in [0.25, 0.3) is 0 Å². The first-order chi connectivity index (χ1) is 9.58. The zero-order valence-electron chi connectivity index (χ0n) is 11.8. The number of amides is 1. The lowest BCUT2D eigenvalue weighted by molar-refractivity contribution is -0.134. The van der Waals surface area contributed by atoms with Crippen LogP contribution in [0.3, 0.4) is 0 Å². The first kappa shape index (κ1) is 18.4. The summed E-state index contributed by atoms with van der Waals surface area (Å²) in [5.74, 6) is 0.668. The molecule has 1 aliphatic heterocycles. The van der Waals surface area contributed by atoms with Gasteiger partial charge in [-0.15, -0.1) is 12.4 Å². The summed E-state index contributed by atoms with van der Waals surface area (Å²) in [5.41, 5.74) is 0. The minimum atomic E-state index is 0. The van der Waals surface area contributed by atoms with Crippen molar-refractivity contribution in [1.82, 2.24) is 10.2 Å². The smallest absolute Gasteiger partial charge is 0.226 e. The van der Waals surface area contributed by atoms with E-state index in [1.54, 1.807) is 18.2 Å². The van der Waals surface area contributed by atoms with Crippen molar-refractivity contribution < 1.29 is 9.53 Å². The van der Waals surface area contributed by atoms with Gasteiger partial charge >= 0.3 is 0 Å². The molecule has 2 rings (SSSR count). The van der Waals surface area contributed by atoms with E-state index in [4.69, 9.17) is 27.9 Å². The fourth-order valence-electron chi connectivity index (χ4n) is 2.20. The highest BCUT2D eigenvalue weighted by Crippen LogP contribution is 2.27. The molecule has 1 aromatic rings. The van der Waals surface area contributed by atoms with E-state index in [9.17, 15) is 4.79 Å². The number of piperazine rings is 1. The van der Waals surface area contributed by atoms with Crippen molar-refractivity contribution in [2.45, 2.75) is 19.4 Å². The molecule has 1 aliphatic rings. The van der Waals surface area contributed by atoms with Gasteiger partial charge in [0.05, 0.1) is 18.1 Å². The molecule has 1 saturated heterocycles. The lowest BCUT2D eigenvalue weighted by Crippen LogP contribution is -2.52. The van der Waals surface area contributed by atoms with Crippen molar-refractivity contribution in [1.29, 1.82) is 0 Å². The van der Waals surface area contributed by atoms with Crippen LogP contribution in [0.1, 0.15) is 13.3 Å². The molecule has 1 atom stereocenters. The first-order valence-electron chi connectivity index (χ1n) is 6.66. The Bertz CT molecular complexity index is 485. The third-order valence-electron chi connectivity index (χ3n) is 3.29. The number of carbonyl (C=O) groups is 1. The first-order valence-corrected chi connectivity index (χ1v) is 7.41. The predicted octanol–water partition coefficient (Wildman–Crippen LogP) is 3.00. The van der Waals surface area contributed by atoms with Gasteiger partial charge in [0.1, 0.15) is 5.75 Å². The molecule has 7 heteroatoms. The van der Waals surface area contributed by atoms with Gasteiger partial charge < -0.3 is 15.0 Å². The number of nitrogens with zero attached hydrogens (tertiary/aromatic N) is 1. The van der Waals surface area contributed by atoms with Gasteiger partial charge in [0.25, 0.3) is 0 Å². The summed E-state index contributed by atoms with van der Waals surface area (Å²) in [5, 5.41) is 4.28. The predicted molar refractivity (Wildman–Crippen MR) is 87.9 cm³/mol. The molecule has 0 saturated carbocycles. The molecule has 0 aromatic heterocycles. The van der Waals surface area contributed by atoms with Crippen LogP contribution in [0.15, 0.2) is 18.2 Å². The monoisotopic (exact) mass is 352 g/mol. The lowest BCUT2D eigenvalue weighted by atomic mass is 10.2. The highest BCUT2D eigenvalue weighted by molar-refractivity contribution is 6.35. The normalized spacial score (nSPS) is 18.0. The second-order valence-electron chi connectivity index (χ2n) is 4.81. The van der Waals surface area contributed by atoms with Crippen molar-refractivity contribution in [2.24, 2.45) is 0 Å². The number of rotatable bonds is 4. The van der Waals surface area contributed by atoms with Gasteiger partial charge in [-0.05, 0) is 25.1 Å². The zero-order chi connectivity index (χ0) is 14.5. The van der Waals surface area contributed by atoms with Gasteiger partial charge in [0.15, 0.2) is 0 Å². The van der Waals surface area contributed by atoms with Gasteiger partial charge in [-0.2, -0.15) is 0 Å². The Hall–Kier alpha value is -0.680. The Morgan fingerprint density at radius 1 is 1.48 bits per heavy atom. The van der Waals surface area contributed by atoms with E-state index >= 15 is 0 Å². The van der Waals surface area contributed by atoms with E-state index in [1.165, 1.54) is 0 Å². The molecule has 0 bridgehead atoms. The van der Waals surface area contributed by atoms with Crippen molar-refractivity contribution in [3.8, 4) is 5.75 Å². The zero-order valence-corrected chi connectivity index (χ0v) is 14.1. The number of carbonyl (C=O) groups excluding carboxylic acids is 1. The molecule has 0 spiro atoms. The van der Waals surface area contributed by atoms with Gasteiger partial charge in [0.2, 0.25) is 5.91 Å². The maximum absolute atomic E-state index is 12.1. The fourth-order valence-corrected chi connectivity index (χ4v) is 2.66. The van der Waals surface area contributed by atoms with Crippen molar-refractivity contribution in [2.75, 3.05) is 26.2 Å². The summed E-state index contributed by atoms with van der Waals surface area (Å²) >= 11 is 11.8. The minimum Gasteiger partial charge on any atom is -0.491 e. The van der Waals surface area contributed by atoms with Crippen molar-refractivity contribution >= 4 is 41.5 Å². The Labute approximate surface area is 141 Å². The van der Waals surface area contributed by atoms with E-state index in [2.05, 4.69) is 5.32 Å². The summed E-state index contributed by atoms with van der Waals surface area (Å²) in [7, 11) is 0. The van der Waals surface area contributed by atoms with Crippen LogP contribution in [0.5, 0.6) is 5.75 Å². The minimum absolute atomic E-state index is 0.